The van der Waals surface area contributed by atoms with Crippen LogP contribution in [0.2, 0.25) is 0 Å². The molecule has 2 aliphatic heterocycles. The highest BCUT2D eigenvalue weighted by Gasteiger charge is 2.42. The highest BCUT2D eigenvalue weighted by molar-refractivity contribution is 5.85. The van der Waals surface area contributed by atoms with Crippen LogP contribution in [0, 0.1) is 5.92 Å². The topological polar surface area (TPSA) is 49.6 Å². The summed E-state index contributed by atoms with van der Waals surface area (Å²) in [5.41, 5.74) is 5.97. The quantitative estimate of drug-likeness (QED) is 0.838. The lowest BCUT2D eigenvalue weighted by Gasteiger charge is -2.31. The van der Waals surface area contributed by atoms with Gasteiger partial charge in [-0.3, -0.25) is 4.79 Å². The third-order valence-corrected chi connectivity index (χ3v) is 5.39. The number of fused-ring (bicyclic) bond motifs is 2. The summed E-state index contributed by atoms with van der Waals surface area (Å²) in [5.74, 6) is 0.629. The standard InChI is InChI=1S/C15H27N3O.2ClH/c1-2-17-8-7-13-5-6-14(10-17)18(13)15(19)11-3-4-12(16)9-11;;/h11-14H,2-10,16H2,1H3;2*1H. The molecule has 3 fully saturated rings. The van der Waals surface area contributed by atoms with Gasteiger partial charge >= 0.3 is 0 Å². The maximum atomic E-state index is 12.8. The molecule has 6 heteroatoms. The Labute approximate surface area is 140 Å². The normalized spacial score (nSPS) is 35.8. The Morgan fingerprint density at radius 3 is 2.43 bits per heavy atom. The van der Waals surface area contributed by atoms with Crippen LogP contribution in [0.4, 0.5) is 0 Å². The van der Waals surface area contributed by atoms with E-state index in [0.717, 1.165) is 45.3 Å². The van der Waals surface area contributed by atoms with Crippen LogP contribution in [0.25, 0.3) is 0 Å². The second kappa shape index (κ2) is 8.00. The van der Waals surface area contributed by atoms with Gasteiger partial charge in [-0.2, -0.15) is 0 Å². The van der Waals surface area contributed by atoms with E-state index in [1.54, 1.807) is 0 Å². The van der Waals surface area contributed by atoms with Crippen molar-refractivity contribution in [3.8, 4) is 0 Å². The summed E-state index contributed by atoms with van der Waals surface area (Å²) in [4.78, 5) is 17.6. The van der Waals surface area contributed by atoms with Crippen molar-refractivity contribution in [2.45, 2.75) is 63.6 Å². The Balaban J connectivity index is 0.00000110. The van der Waals surface area contributed by atoms with E-state index in [9.17, 15) is 4.79 Å². The van der Waals surface area contributed by atoms with Gasteiger partial charge in [0.25, 0.3) is 0 Å². The molecule has 4 nitrogen and oxygen atoms in total. The molecule has 124 valence electrons. The van der Waals surface area contributed by atoms with Gasteiger partial charge in [0.05, 0.1) is 0 Å². The number of carbonyl (C=O) groups excluding carboxylic acids is 1. The minimum absolute atomic E-state index is 0. The summed E-state index contributed by atoms with van der Waals surface area (Å²) in [5, 5.41) is 0. The molecule has 0 spiro atoms. The summed E-state index contributed by atoms with van der Waals surface area (Å²) in [6, 6.07) is 1.23. The zero-order valence-electron chi connectivity index (χ0n) is 12.9. The molecule has 2 bridgehead atoms. The molecule has 3 aliphatic rings. The number of carbonyl (C=O) groups is 1. The summed E-state index contributed by atoms with van der Waals surface area (Å²) in [6.45, 7) is 5.57. The summed E-state index contributed by atoms with van der Waals surface area (Å²) in [7, 11) is 0. The van der Waals surface area contributed by atoms with Crippen molar-refractivity contribution >= 4 is 30.7 Å². The minimum Gasteiger partial charge on any atom is -0.335 e. The van der Waals surface area contributed by atoms with Crippen LogP contribution >= 0.6 is 24.8 Å². The van der Waals surface area contributed by atoms with Crippen molar-refractivity contribution in [1.29, 1.82) is 0 Å². The fourth-order valence-corrected chi connectivity index (χ4v) is 4.24. The van der Waals surface area contributed by atoms with E-state index < -0.39 is 0 Å². The molecule has 0 aromatic rings. The molecule has 2 heterocycles. The summed E-state index contributed by atoms with van der Waals surface area (Å²) >= 11 is 0. The Kier molecular flexibility index (Phi) is 7.25. The Hall–Kier alpha value is -0.0300. The molecule has 3 rings (SSSR count). The third kappa shape index (κ3) is 3.84. The number of nitrogens with two attached hydrogens (primary N) is 1. The van der Waals surface area contributed by atoms with E-state index in [4.69, 9.17) is 5.73 Å². The molecule has 21 heavy (non-hydrogen) atoms. The van der Waals surface area contributed by atoms with Gasteiger partial charge in [0.15, 0.2) is 0 Å². The van der Waals surface area contributed by atoms with Gasteiger partial charge in [-0.15, -0.1) is 24.8 Å². The van der Waals surface area contributed by atoms with Gasteiger partial charge in [0.2, 0.25) is 5.91 Å². The van der Waals surface area contributed by atoms with Crippen LogP contribution in [-0.2, 0) is 4.79 Å². The van der Waals surface area contributed by atoms with Gasteiger partial charge in [-0.05, 0) is 45.1 Å². The van der Waals surface area contributed by atoms with Crippen LogP contribution in [0.15, 0.2) is 0 Å². The van der Waals surface area contributed by atoms with Crippen molar-refractivity contribution < 1.29 is 4.79 Å². The van der Waals surface area contributed by atoms with Gasteiger partial charge in [0.1, 0.15) is 0 Å². The molecule has 4 unspecified atom stereocenters. The smallest absolute Gasteiger partial charge is 0.226 e. The van der Waals surface area contributed by atoms with Gasteiger partial charge < -0.3 is 15.5 Å². The average molecular weight is 338 g/mol. The van der Waals surface area contributed by atoms with Crippen LogP contribution < -0.4 is 5.73 Å². The summed E-state index contributed by atoms with van der Waals surface area (Å²) in [6.07, 6.45) is 6.52. The van der Waals surface area contributed by atoms with E-state index in [1.807, 2.05) is 0 Å². The lowest BCUT2D eigenvalue weighted by molar-refractivity contribution is -0.138. The lowest BCUT2D eigenvalue weighted by atomic mass is 10.0. The lowest BCUT2D eigenvalue weighted by Crippen LogP contribution is -2.45. The first-order valence-corrected chi connectivity index (χ1v) is 7.99. The van der Waals surface area contributed by atoms with Crippen molar-refractivity contribution in [3.63, 3.8) is 0 Å². The Bertz CT molecular complexity index is 356. The largest absolute Gasteiger partial charge is 0.335 e. The molecule has 0 aromatic carbocycles. The number of hydrogen-bond acceptors (Lipinski definition) is 3. The molecule has 1 saturated carbocycles. The monoisotopic (exact) mass is 337 g/mol. The van der Waals surface area contributed by atoms with Crippen molar-refractivity contribution in [2.24, 2.45) is 11.7 Å². The van der Waals surface area contributed by atoms with Crippen molar-refractivity contribution in [2.75, 3.05) is 19.6 Å². The maximum absolute atomic E-state index is 12.8. The Morgan fingerprint density at radius 2 is 1.81 bits per heavy atom. The molecule has 4 atom stereocenters. The number of hydrogen-bond donors (Lipinski definition) is 1. The summed E-state index contributed by atoms with van der Waals surface area (Å²) < 4.78 is 0. The number of amides is 1. The van der Waals surface area contributed by atoms with Crippen LogP contribution in [0.5, 0.6) is 0 Å². The van der Waals surface area contributed by atoms with E-state index in [-0.39, 0.29) is 36.8 Å². The predicted molar refractivity (Wildman–Crippen MR) is 90.2 cm³/mol. The van der Waals surface area contributed by atoms with Crippen LogP contribution in [-0.4, -0.2) is 53.5 Å². The molecule has 0 aromatic heterocycles. The average Bonchev–Trinajstić information content (AvgIpc) is 2.92. The second-order valence-corrected chi connectivity index (χ2v) is 6.58. The molecule has 1 amide bonds. The molecular formula is C15H29Cl2N3O. The minimum atomic E-state index is 0. The number of likely N-dealkylation sites (tertiary alicyclic amines) is 1. The predicted octanol–water partition coefficient (Wildman–Crippen LogP) is 2.04. The molecule has 2 saturated heterocycles. The van der Waals surface area contributed by atoms with E-state index in [2.05, 4.69) is 16.7 Å². The van der Waals surface area contributed by atoms with E-state index >= 15 is 0 Å². The maximum Gasteiger partial charge on any atom is 0.226 e. The van der Waals surface area contributed by atoms with Gasteiger partial charge in [-0.1, -0.05) is 6.92 Å². The van der Waals surface area contributed by atoms with Gasteiger partial charge in [0, 0.05) is 37.1 Å². The number of likely N-dealkylation sites (N-methyl/N-ethyl adjacent to an activating group) is 1. The molecular weight excluding hydrogens is 309 g/mol. The zero-order valence-corrected chi connectivity index (χ0v) is 14.5. The van der Waals surface area contributed by atoms with Crippen LogP contribution in [0.3, 0.4) is 0 Å². The number of halogens is 2. The molecule has 0 radical (unpaired) electrons. The Morgan fingerprint density at radius 1 is 1.10 bits per heavy atom. The highest BCUT2D eigenvalue weighted by Crippen LogP contribution is 2.35. The van der Waals surface area contributed by atoms with Gasteiger partial charge in [-0.25, -0.2) is 0 Å². The first-order valence-electron chi connectivity index (χ1n) is 7.99. The molecule has 2 N–H and O–H groups in total. The highest BCUT2D eigenvalue weighted by atomic mass is 35.5. The SMILES string of the molecule is CCN1CCC2CCC(C1)N2C(=O)C1CCC(N)C1.Cl.Cl. The van der Waals surface area contributed by atoms with E-state index in [0.29, 0.717) is 18.0 Å². The second-order valence-electron chi connectivity index (χ2n) is 6.58. The fourth-order valence-electron chi connectivity index (χ4n) is 4.24. The number of rotatable bonds is 2. The van der Waals surface area contributed by atoms with Crippen molar-refractivity contribution in [1.82, 2.24) is 9.80 Å². The molecule has 1 aliphatic carbocycles. The number of nitrogens with zero attached hydrogens (tertiary/aromatic N) is 2. The fraction of sp³-hybridized carbons (Fsp3) is 0.933. The van der Waals surface area contributed by atoms with E-state index in [1.165, 1.54) is 12.8 Å². The van der Waals surface area contributed by atoms with Crippen molar-refractivity contribution in [3.05, 3.63) is 0 Å². The first-order chi connectivity index (χ1) is 9.19. The van der Waals surface area contributed by atoms with Crippen LogP contribution in [0.1, 0.15) is 45.4 Å². The first kappa shape index (κ1) is 19.0. The zero-order chi connectivity index (χ0) is 13.4. The third-order valence-electron chi connectivity index (χ3n) is 5.39.